The van der Waals surface area contributed by atoms with Crippen LogP contribution in [0.5, 0.6) is 0 Å². The summed E-state index contributed by atoms with van der Waals surface area (Å²) in [7, 11) is -10.7. The lowest BCUT2D eigenvalue weighted by Gasteiger charge is -2.38. The number of aromatic nitrogens is 1. The van der Waals surface area contributed by atoms with E-state index in [1.807, 2.05) is 47.2 Å². The van der Waals surface area contributed by atoms with Gasteiger partial charge in [-0.1, -0.05) is 93.4 Å². The third-order valence-corrected chi connectivity index (χ3v) is 16.9. The second-order valence-electron chi connectivity index (χ2n) is 15.6. The standard InChI is InChI=1S/C41H49N2O8SSi.CHF3O3S/c1-41(2,3)53(5,6)51-33(24-25-37(44)48-4)22-23-34-29-42(26-27-52(46,47)35-20-14-9-15-21-35)39(50-34)38-36(43(38)28-31-16-10-7-11-17-31)30-49-40(45)32-18-12-8-13-19-32;2-1(3,4)8(5,6)7/h7-21,29,33,36,38H,22-23,26-28,30H2,1-6H3;(H,5,6,7)/q+1;/p-1. The van der Waals surface area contributed by atoms with Crippen LogP contribution in [0.25, 0.3) is 0 Å². The molecule has 4 unspecified atom stereocenters. The number of hydrogen-bond donors (Lipinski definition) is 0. The molecule has 330 valence electrons. The van der Waals surface area contributed by atoms with Crippen LogP contribution in [0.3, 0.4) is 0 Å². The number of benzene rings is 3. The number of alkyl halides is 3. The van der Waals surface area contributed by atoms with Crippen molar-refractivity contribution in [2.45, 2.75) is 93.4 Å². The molecule has 0 amide bonds. The number of ether oxygens (including phenoxy) is 2. The van der Waals surface area contributed by atoms with Crippen LogP contribution in [-0.4, -0.2) is 83.7 Å². The third kappa shape index (κ3) is 14.1. The number of rotatable bonds is 15. The molecule has 3 aromatic carbocycles. The Balaban J connectivity index is 0.000000929. The number of aryl methyl sites for hydroxylation is 2. The first-order chi connectivity index (χ1) is 28.4. The zero-order chi connectivity index (χ0) is 45.2. The Labute approximate surface area is 355 Å². The minimum absolute atomic E-state index is 0.0868. The first-order valence-corrected chi connectivity index (χ1v) is 25.0. The van der Waals surface area contributed by atoms with Gasteiger partial charge in [-0.25, -0.2) is 26.4 Å². The van der Waals surface area contributed by atoms with Crippen LogP contribution in [0.15, 0.2) is 107 Å². The summed E-state index contributed by atoms with van der Waals surface area (Å²) in [6.07, 6.45) is 2.14. The van der Waals surface area contributed by atoms with Gasteiger partial charge in [-0.2, -0.15) is 17.7 Å². The Hall–Kier alpha value is -4.84. The summed E-state index contributed by atoms with van der Waals surface area (Å²) >= 11 is 0. The number of esters is 2. The third-order valence-electron chi connectivity index (χ3n) is 10.1. The Morgan fingerprint density at radius 1 is 0.934 bits per heavy atom. The van der Waals surface area contributed by atoms with Crippen molar-refractivity contribution in [3.05, 3.63) is 120 Å². The lowest BCUT2D eigenvalue weighted by Crippen LogP contribution is -2.43. The number of nitrogens with zero attached hydrogens (tertiary/aromatic N) is 2. The highest BCUT2D eigenvalue weighted by Gasteiger charge is 2.56. The molecule has 1 saturated heterocycles. The van der Waals surface area contributed by atoms with E-state index in [1.165, 1.54) is 7.11 Å². The fraction of sp³-hybridized carbons (Fsp3) is 0.405. The topological polar surface area (TPSA) is 173 Å². The van der Waals surface area contributed by atoms with Crippen molar-refractivity contribution >= 4 is 40.2 Å². The minimum atomic E-state index is -6.09. The van der Waals surface area contributed by atoms with E-state index in [1.54, 1.807) is 54.6 Å². The van der Waals surface area contributed by atoms with E-state index in [9.17, 15) is 31.2 Å². The van der Waals surface area contributed by atoms with E-state index in [-0.39, 0.29) is 40.9 Å². The highest BCUT2D eigenvalue weighted by molar-refractivity contribution is 7.91. The van der Waals surface area contributed by atoms with Crippen LogP contribution in [0.4, 0.5) is 13.2 Å². The van der Waals surface area contributed by atoms with E-state index in [0.717, 1.165) is 5.56 Å². The van der Waals surface area contributed by atoms with Crippen molar-refractivity contribution in [2.24, 2.45) is 0 Å². The molecular formula is C42H49F3N2O11S2Si. The maximum absolute atomic E-state index is 13.4. The van der Waals surface area contributed by atoms with Crippen molar-refractivity contribution in [1.82, 2.24) is 4.90 Å². The fourth-order valence-corrected chi connectivity index (χ4v) is 8.24. The van der Waals surface area contributed by atoms with Gasteiger partial charge in [-0.15, -0.1) is 0 Å². The summed E-state index contributed by atoms with van der Waals surface area (Å²) in [5.41, 5.74) is -4.10. The maximum atomic E-state index is 13.4. The summed E-state index contributed by atoms with van der Waals surface area (Å²) in [6, 6.07) is 26.7. The minimum Gasteiger partial charge on any atom is -0.741 e. The monoisotopic (exact) mass is 906 g/mol. The van der Waals surface area contributed by atoms with Gasteiger partial charge in [0.1, 0.15) is 18.5 Å². The Morgan fingerprint density at radius 2 is 1.49 bits per heavy atom. The number of methoxy groups -OCH3 is 1. The molecule has 0 bridgehead atoms. The molecule has 5 rings (SSSR count). The average Bonchev–Trinajstić information content (AvgIpc) is 3.71. The van der Waals surface area contributed by atoms with Crippen LogP contribution in [0.1, 0.15) is 60.8 Å². The van der Waals surface area contributed by atoms with E-state index in [0.29, 0.717) is 36.6 Å². The van der Waals surface area contributed by atoms with Crippen molar-refractivity contribution in [3.63, 3.8) is 0 Å². The van der Waals surface area contributed by atoms with Gasteiger partial charge < -0.3 is 22.9 Å². The number of carbonyl (C=O) groups is 2. The Kier molecular flexibility index (Phi) is 16.3. The van der Waals surface area contributed by atoms with Crippen molar-refractivity contribution in [3.8, 4) is 11.8 Å². The summed E-state index contributed by atoms with van der Waals surface area (Å²) in [6.45, 7) is 11.5. The van der Waals surface area contributed by atoms with E-state index >= 15 is 0 Å². The highest BCUT2D eigenvalue weighted by Crippen LogP contribution is 2.44. The van der Waals surface area contributed by atoms with Gasteiger partial charge in [0.2, 0.25) is 6.20 Å². The molecule has 0 radical (unpaired) electrons. The summed E-state index contributed by atoms with van der Waals surface area (Å²) in [5, 5.41) is -0.0868. The van der Waals surface area contributed by atoms with E-state index in [4.69, 9.17) is 31.3 Å². The molecule has 13 nitrogen and oxygen atoms in total. The van der Waals surface area contributed by atoms with Gasteiger partial charge in [0.05, 0.1) is 23.6 Å². The maximum Gasteiger partial charge on any atom is 0.485 e. The van der Waals surface area contributed by atoms with Crippen LogP contribution < -0.4 is 4.57 Å². The molecule has 61 heavy (non-hydrogen) atoms. The van der Waals surface area contributed by atoms with Gasteiger partial charge in [-0.05, 0) is 54.4 Å². The molecule has 0 N–H and O–H groups in total. The molecule has 1 aromatic heterocycles. The highest BCUT2D eigenvalue weighted by atomic mass is 32.2. The molecule has 4 aromatic rings. The number of halogens is 3. The SMILES string of the molecule is COC(=O)C#CC(CCc1c[n+](CCS(=O)(=O)c2ccccc2)c(C2C(COC(=O)c3ccccc3)N2Cc2ccccc2)o1)O[Si](C)(C)C(C)(C)C.O=S(=O)([O-])C(F)(F)F. The van der Waals surface area contributed by atoms with Gasteiger partial charge in [0.25, 0.3) is 0 Å². The van der Waals surface area contributed by atoms with Gasteiger partial charge in [0, 0.05) is 18.9 Å². The predicted molar refractivity (Wildman–Crippen MR) is 219 cm³/mol. The smallest absolute Gasteiger partial charge is 0.485 e. The van der Waals surface area contributed by atoms with Crippen LogP contribution in [0, 0.1) is 11.8 Å². The van der Waals surface area contributed by atoms with Gasteiger partial charge in [0.15, 0.2) is 46.6 Å². The number of sulfone groups is 1. The zero-order valence-corrected chi connectivity index (χ0v) is 37.2. The fourth-order valence-electron chi connectivity index (χ4n) is 5.75. The van der Waals surface area contributed by atoms with Crippen molar-refractivity contribution in [1.29, 1.82) is 0 Å². The molecular weight excluding hydrogens is 858 g/mol. The predicted octanol–water partition coefficient (Wildman–Crippen LogP) is 6.37. The molecule has 1 aliphatic heterocycles. The normalized spacial score (nSPS) is 17.2. The number of oxazole rings is 1. The van der Waals surface area contributed by atoms with Gasteiger partial charge in [-0.3, -0.25) is 4.90 Å². The first kappa shape index (κ1) is 48.8. The first-order valence-electron chi connectivity index (χ1n) is 19.0. The number of carbonyl (C=O) groups excluding carboxylic acids is 2. The van der Waals surface area contributed by atoms with E-state index in [2.05, 4.69) is 50.6 Å². The largest absolute Gasteiger partial charge is 0.741 e. The zero-order valence-electron chi connectivity index (χ0n) is 34.5. The average molecular weight is 907 g/mol. The van der Waals surface area contributed by atoms with Crippen LogP contribution in [-0.2, 0) is 58.2 Å². The molecule has 0 spiro atoms. The molecule has 2 heterocycles. The van der Waals surface area contributed by atoms with Crippen molar-refractivity contribution < 1.29 is 67.0 Å². The molecule has 1 aliphatic rings. The molecule has 0 aliphatic carbocycles. The Morgan fingerprint density at radius 3 is 2.03 bits per heavy atom. The van der Waals surface area contributed by atoms with Crippen LogP contribution >= 0.6 is 0 Å². The lowest BCUT2D eigenvalue weighted by molar-refractivity contribution is -0.704. The summed E-state index contributed by atoms with van der Waals surface area (Å²) in [5.74, 6) is 5.51. The van der Waals surface area contributed by atoms with Gasteiger partial charge >= 0.3 is 23.3 Å². The van der Waals surface area contributed by atoms with Crippen molar-refractivity contribution in [2.75, 3.05) is 19.5 Å². The van der Waals surface area contributed by atoms with Crippen LogP contribution in [0.2, 0.25) is 18.1 Å². The lowest BCUT2D eigenvalue weighted by atomic mass is 10.2. The second kappa shape index (κ2) is 20.4. The summed E-state index contributed by atoms with van der Waals surface area (Å²) in [4.78, 5) is 27.3. The summed E-state index contributed by atoms with van der Waals surface area (Å²) < 4.78 is 111. The molecule has 19 heteroatoms. The molecule has 0 saturated carbocycles. The molecule has 4 atom stereocenters. The molecule has 1 fully saturated rings. The quantitative estimate of drug-likeness (QED) is 0.0189. The Bertz CT molecular complexity index is 2380. The number of hydrogen-bond acceptors (Lipinski definition) is 12. The van der Waals surface area contributed by atoms with E-state index < -0.39 is 51.8 Å². The second-order valence-corrected chi connectivity index (χ2v) is 23.8.